The molecule has 1 atom stereocenters. The van der Waals surface area contributed by atoms with Crippen LogP contribution in [0, 0.1) is 6.92 Å². The molecule has 0 fully saturated rings. The molecule has 9 heteroatoms. The van der Waals surface area contributed by atoms with E-state index in [-0.39, 0.29) is 18.4 Å². The van der Waals surface area contributed by atoms with Gasteiger partial charge in [-0.15, -0.1) is 11.3 Å². The Hall–Kier alpha value is -3.36. The number of hydrogen-bond acceptors (Lipinski definition) is 5. The van der Waals surface area contributed by atoms with Crippen molar-refractivity contribution in [2.75, 3.05) is 18.5 Å². The number of benzene rings is 2. The zero-order valence-corrected chi connectivity index (χ0v) is 19.6. The molecule has 0 spiro atoms. The fourth-order valence-electron chi connectivity index (χ4n) is 3.95. The molecular formula is C24H21ClN4O3S. The minimum absolute atomic E-state index is 0.139. The van der Waals surface area contributed by atoms with Crippen LogP contribution in [0.25, 0.3) is 10.2 Å². The summed E-state index contributed by atoms with van der Waals surface area (Å²) in [4.78, 5) is 29.0. The molecule has 168 valence electrons. The highest BCUT2D eigenvalue weighted by molar-refractivity contribution is 7.20. The second kappa shape index (κ2) is 8.53. The number of anilines is 1. The summed E-state index contributed by atoms with van der Waals surface area (Å²) in [6, 6.07) is 16.8. The smallest absolute Gasteiger partial charge is 0.268 e. The molecule has 1 aliphatic rings. The molecule has 2 aromatic heterocycles. The minimum Gasteiger partial charge on any atom is -0.477 e. The molecule has 1 N–H and O–H groups in total. The van der Waals surface area contributed by atoms with Crippen molar-refractivity contribution in [2.24, 2.45) is 0 Å². The predicted octanol–water partition coefficient (Wildman–Crippen LogP) is 4.26. The third-order valence-electron chi connectivity index (χ3n) is 5.62. The second-order valence-corrected chi connectivity index (χ2v) is 9.27. The van der Waals surface area contributed by atoms with Gasteiger partial charge in [0.2, 0.25) is 0 Å². The Balaban J connectivity index is 1.49. The molecule has 0 saturated carbocycles. The van der Waals surface area contributed by atoms with Crippen LogP contribution in [0.3, 0.4) is 0 Å². The summed E-state index contributed by atoms with van der Waals surface area (Å²) in [5.74, 6) is 0.0725. The van der Waals surface area contributed by atoms with Gasteiger partial charge in [-0.3, -0.25) is 19.2 Å². The quantitative estimate of drug-likeness (QED) is 0.473. The lowest BCUT2D eigenvalue weighted by Gasteiger charge is -2.33. The number of rotatable bonds is 4. The number of nitrogens with one attached hydrogen (secondary N) is 1. The summed E-state index contributed by atoms with van der Waals surface area (Å²) >= 11 is 7.41. The van der Waals surface area contributed by atoms with E-state index in [1.54, 1.807) is 18.0 Å². The van der Waals surface area contributed by atoms with Gasteiger partial charge in [0.1, 0.15) is 10.6 Å². The lowest BCUT2D eigenvalue weighted by molar-refractivity contribution is -0.127. The SMILES string of the molecule is CNC(=O)[C@@H]1CN(C(=O)c2cc3c(C)nn(Cc4ccc(Cl)cc4)c3s2)c2ccccc2O1. The van der Waals surface area contributed by atoms with Crippen molar-refractivity contribution in [1.29, 1.82) is 0 Å². The molecule has 4 aromatic rings. The number of hydrogen-bond donors (Lipinski definition) is 1. The van der Waals surface area contributed by atoms with Gasteiger partial charge >= 0.3 is 0 Å². The van der Waals surface area contributed by atoms with Gasteiger partial charge in [-0.2, -0.15) is 5.10 Å². The third kappa shape index (κ3) is 3.96. The largest absolute Gasteiger partial charge is 0.477 e. The van der Waals surface area contributed by atoms with Crippen molar-refractivity contribution in [3.05, 3.63) is 75.8 Å². The Bertz CT molecular complexity index is 1360. The van der Waals surface area contributed by atoms with Crippen molar-refractivity contribution in [3.8, 4) is 5.75 Å². The molecule has 0 aliphatic carbocycles. The first-order valence-electron chi connectivity index (χ1n) is 10.4. The zero-order valence-electron chi connectivity index (χ0n) is 18.0. The van der Waals surface area contributed by atoms with Gasteiger partial charge in [0.05, 0.1) is 29.3 Å². The normalized spacial score (nSPS) is 15.2. The summed E-state index contributed by atoms with van der Waals surface area (Å²) in [6.07, 6.45) is -0.773. The van der Waals surface area contributed by atoms with E-state index in [2.05, 4.69) is 10.4 Å². The number of aryl methyl sites for hydroxylation is 1. The van der Waals surface area contributed by atoms with Crippen molar-refractivity contribution in [3.63, 3.8) is 0 Å². The van der Waals surface area contributed by atoms with E-state index < -0.39 is 6.10 Å². The van der Waals surface area contributed by atoms with Crippen LogP contribution >= 0.6 is 22.9 Å². The van der Waals surface area contributed by atoms with Crippen LogP contribution in [0.15, 0.2) is 54.6 Å². The first kappa shape index (κ1) is 21.5. The van der Waals surface area contributed by atoms with Crippen molar-refractivity contribution in [1.82, 2.24) is 15.1 Å². The van der Waals surface area contributed by atoms with Crippen LogP contribution in [-0.4, -0.2) is 41.3 Å². The fraction of sp³-hybridized carbons (Fsp3) is 0.208. The van der Waals surface area contributed by atoms with E-state index in [9.17, 15) is 9.59 Å². The number of para-hydroxylation sites is 2. The first-order valence-corrected chi connectivity index (χ1v) is 11.6. The van der Waals surface area contributed by atoms with E-state index in [1.165, 1.54) is 11.3 Å². The van der Waals surface area contributed by atoms with Crippen molar-refractivity contribution < 1.29 is 14.3 Å². The van der Waals surface area contributed by atoms with E-state index in [0.29, 0.717) is 27.9 Å². The van der Waals surface area contributed by atoms with E-state index in [0.717, 1.165) is 21.5 Å². The summed E-state index contributed by atoms with van der Waals surface area (Å²) in [6.45, 7) is 2.65. The summed E-state index contributed by atoms with van der Waals surface area (Å²) in [7, 11) is 1.56. The van der Waals surface area contributed by atoms with Crippen LogP contribution in [0.4, 0.5) is 5.69 Å². The Kier molecular flexibility index (Phi) is 5.55. The number of nitrogens with zero attached hydrogens (tertiary/aromatic N) is 3. The van der Waals surface area contributed by atoms with Crippen LogP contribution in [-0.2, 0) is 11.3 Å². The maximum atomic E-state index is 13.6. The first-order chi connectivity index (χ1) is 15.9. The lowest BCUT2D eigenvalue weighted by Crippen LogP contribution is -2.50. The number of carbonyl (C=O) groups is 2. The van der Waals surface area contributed by atoms with Crippen LogP contribution < -0.4 is 15.0 Å². The van der Waals surface area contributed by atoms with E-state index in [1.807, 2.05) is 60.1 Å². The number of carbonyl (C=O) groups excluding carboxylic acids is 2. The molecule has 3 heterocycles. The van der Waals surface area contributed by atoms with Gasteiger partial charge in [0.15, 0.2) is 6.10 Å². The summed E-state index contributed by atoms with van der Waals surface area (Å²) in [5, 5.41) is 8.90. The van der Waals surface area contributed by atoms with Gasteiger partial charge in [0, 0.05) is 17.5 Å². The van der Waals surface area contributed by atoms with Crippen molar-refractivity contribution in [2.45, 2.75) is 19.6 Å². The molecule has 2 aromatic carbocycles. The third-order valence-corrected chi connectivity index (χ3v) is 7.01. The van der Waals surface area contributed by atoms with Gasteiger partial charge < -0.3 is 10.1 Å². The van der Waals surface area contributed by atoms with Gasteiger partial charge in [-0.1, -0.05) is 35.9 Å². The van der Waals surface area contributed by atoms with E-state index in [4.69, 9.17) is 16.3 Å². The van der Waals surface area contributed by atoms with Gasteiger partial charge in [-0.25, -0.2) is 0 Å². The Morgan fingerprint density at radius 3 is 2.73 bits per heavy atom. The monoisotopic (exact) mass is 480 g/mol. The summed E-state index contributed by atoms with van der Waals surface area (Å²) < 4.78 is 7.74. The number of aromatic nitrogens is 2. The maximum absolute atomic E-state index is 13.6. The van der Waals surface area contributed by atoms with Crippen LogP contribution in [0.2, 0.25) is 5.02 Å². The average Bonchev–Trinajstić information content (AvgIpc) is 3.40. The molecule has 2 amide bonds. The number of ether oxygens (including phenoxy) is 1. The van der Waals surface area contributed by atoms with E-state index >= 15 is 0 Å². The molecule has 1 aliphatic heterocycles. The number of thiophene rings is 1. The Morgan fingerprint density at radius 2 is 1.97 bits per heavy atom. The number of halogens is 1. The van der Waals surface area contributed by atoms with Gasteiger partial charge in [0.25, 0.3) is 11.8 Å². The van der Waals surface area contributed by atoms with Crippen molar-refractivity contribution >= 4 is 50.7 Å². The second-order valence-electron chi connectivity index (χ2n) is 7.80. The number of amides is 2. The molecule has 7 nitrogen and oxygen atoms in total. The highest BCUT2D eigenvalue weighted by Gasteiger charge is 2.34. The Morgan fingerprint density at radius 1 is 1.21 bits per heavy atom. The van der Waals surface area contributed by atoms with Crippen LogP contribution in [0.1, 0.15) is 20.9 Å². The number of likely N-dealkylation sites (N-methyl/N-ethyl adjacent to an activating group) is 1. The molecule has 5 rings (SSSR count). The fourth-order valence-corrected chi connectivity index (χ4v) is 5.18. The highest BCUT2D eigenvalue weighted by Crippen LogP contribution is 2.36. The molecule has 0 unspecified atom stereocenters. The Labute approximate surface area is 199 Å². The lowest BCUT2D eigenvalue weighted by atomic mass is 10.1. The topological polar surface area (TPSA) is 76.5 Å². The minimum atomic E-state index is -0.773. The summed E-state index contributed by atoms with van der Waals surface area (Å²) in [5.41, 5.74) is 2.58. The molecular weight excluding hydrogens is 460 g/mol. The van der Waals surface area contributed by atoms with Crippen LogP contribution in [0.5, 0.6) is 5.75 Å². The molecule has 0 radical (unpaired) electrons. The maximum Gasteiger partial charge on any atom is 0.268 e. The average molecular weight is 481 g/mol. The molecule has 33 heavy (non-hydrogen) atoms. The predicted molar refractivity (Wildman–Crippen MR) is 130 cm³/mol. The highest BCUT2D eigenvalue weighted by atomic mass is 35.5. The standard InChI is InChI=1S/C24H21ClN4O3S/c1-14-17-11-21(33-24(17)29(27-14)12-15-7-9-16(25)10-8-15)23(31)28-13-20(22(30)26-2)32-19-6-4-3-5-18(19)28/h3-11,20H,12-13H2,1-2H3,(H,26,30)/t20-/m0/s1. The number of fused-ring (bicyclic) bond motifs is 2. The molecule has 0 bridgehead atoms. The molecule has 0 saturated heterocycles. The zero-order chi connectivity index (χ0) is 23.1. The van der Waals surface area contributed by atoms with Gasteiger partial charge in [-0.05, 0) is 42.8 Å².